The normalized spacial score (nSPS) is 19.9. The minimum atomic E-state index is -0.329. The summed E-state index contributed by atoms with van der Waals surface area (Å²) in [5.74, 6) is 0.704. The maximum absolute atomic E-state index is 10.8. The highest BCUT2D eigenvalue weighted by Crippen LogP contribution is 2.39. The molecule has 0 aromatic heterocycles. The molecule has 0 fully saturated rings. The number of allylic oxidation sites excluding steroid dienone is 2. The molecule has 0 radical (unpaired) electrons. The van der Waals surface area contributed by atoms with E-state index < -0.39 is 0 Å². The molecule has 3 nitrogen and oxygen atoms in total. The van der Waals surface area contributed by atoms with E-state index in [4.69, 9.17) is 0 Å². The van der Waals surface area contributed by atoms with Gasteiger partial charge in [0.05, 0.1) is 4.92 Å². The lowest BCUT2D eigenvalue weighted by molar-refractivity contribution is -0.384. The molecular formula is C16H21NO2. The summed E-state index contributed by atoms with van der Waals surface area (Å²) in [5, 5.41) is 10.8. The number of rotatable bonds is 2. The fourth-order valence-electron chi connectivity index (χ4n) is 2.70. The Kier molecular flexibility index (Phi) is 3.74. The zero-order chi connectivity index (χ0) is 14.0. The average Bonchev–Trinajstić information content (AvgIpc) is 2.38. The molecule has 102 valence electrons. The summed E-state index contributed by atoms with van der Waals surface area (Å²) in [6, 6.07) is 6.97. The number of hydrogen-bond acceptors (Lipinski definition) is 2. The third-order valence-electron chi connectivity index (χ3n) is 4.06. The minimum Gasteiger partial charge on any atom is -0.258 e. The van der Waals surface area contributed by atoms with Crippen LogP contribution in [0.15, 0.2) is 30.3 Å². The van der Waals surface area contributed by atoms with Crippen molar-refractivity contribution in [3.8, 4) is 0 Å². The number of benzene rings is 1. The van der Waals surface area contributed by atoms with Gasteiger partial charge in [0.15, 0.2) is 0 Å². The monoisotopic (exact) mass is 259 g/mol. The van der Waals surface area contributed by atoms with Crippen molar-refractivity contribution in [2.24, 2.45) is 11.3 Å². The second kappa shape index (κ2) is 5.16. The third-order valence-corrected chi connectivity index (χ3v) is 4.06. The van der Waals surface area contributed by atoms with Gasteiger partial charge in [0, 0.05) is 12.1 Å². The fraction of sp³-hybridized carbons (Fsp3) is 0.500. The molecule has 0 heterocycles. The van der Waals surface area contributed by atoms with Gasteiger partial charge in [0.1, 0.15) is 0 Å². The molecule has 0 saturated heterocycles. The van der Waals surface area contributed by atoms with E-state index in [1.165, 1.54) is 5.57 Å². The van der Waals surface area contributed by atoms with Gasteiger partial charge in [-0.3, -0.25) is 10.1 Å². The lowest BCUT2D eigenvalue weighted by Gasteiger charge is -2.33. The van der Waals surface area contributed by atoms with Crippen molar-refractivity contribution in [2.45, 2.75) is 40.0 Å². The summed E-state index contributed by atoms with van der Waals surface area (Å²) in [5.41, 5.74) is 2.77. The van der Waals surface area contributed by atoms with Gasteiger partial charge in [-0.05, 0) is 41.7 Å². The first-order valence-electron chi connectivity index (χ1n) is 6.82. The zero-order valence-corrected chi connectivity index (χ0v) is 11.8. The summed E-state index contributed by atoms with van der Waals surface area (Å²) >= 11 is 0. The molecule has 1 unspecified atom stereocenters. The summed E-state index contributed by atoms with van der Waals surface area (Å²) < 4.78 is 0. The van der Waals surface area contributed by atoms with Crippen molar-refractivity contribution in [3.63, 3.8) is 0 Å². The van der Waals surface area contributed by atoms with Gasteiger partial charge in [0.25, 0.3) is 5.69 Å². The SMILES string of the molecule is CC(C)(C)C1CC=C(c2cccc([N+](=O)[O-])c2)CC1. The van der Waals surface area contributed by atoms with Crippen LogP contribution in [0.5, 0.6) is 0 Å². The van der Waals surface area contributed by atoms with Crippen LogP contribution in [0.4, 0.5) is 5.69 Å². The summed E-state index contributed by atoms with van der Waals surface area (Å²) in [4.78, 5) is 10.5. The Morgan fingerprint density at radius 1 is 1.32 bits per heavy atom. The van der Waals surface area contributed by atoms with E-state index in [9.17, 15) is 10.1 Å². The molecule has 3 heteroatoms. The minimum absolute atomic E-state index is 0.177. The Hall–Kier alpha value is -1.64. The van der Waals surface area contributed by atoms with Gasteiger partial charge in [-0.25, -0.2) is 0 Å². The second-order valence-corrected chi connectivity index (χ2v) is 6.37. The lowest BCUT2D eigenvalue weighted by Crippen LogP contribution is -2.21. The van der Waals surface area contributed by atoms with Crippen LogP contribution in [-0.2, 0) is 0 Å². The Balaban J connectivity index is 2.18. The third kappa shape index (κ3) is 3.22. The summed E-state index contributed by atoms with van der Waals surface area (Å²) in [6.07, 6.45) is 5.52. The molecular weight excluding hydrogens is 238 g/mol. The number of nitro groups is 1. The molecule has 2 rings (SSSR count). The number of nitrogens with zero attached hydrogens (tertiary/aromatic N) is 1. The quantitative estimate of drug-likeness (QED) is 0.564. The number of nitro benzene ring substituents is 1. The average molecular weight is 259 g/mol. The molecule has 1 atom stereocenters. The highest BCUT2D eigenvalue weighted by atomic mass is 16.6. The topological polar surface area (TPSA) is 43.1 Å². The predicted molar refractivity (Wildman–Crippen MR) is 77.9 cm³/mol. The predicted octanol–water partition coefficient (Wildman–Crippen LogP) is 4.82. The Morgan fingerprint density at radius 2 is 2.05 bits per heavy atom. The van der Waals surface area contributed by atoms with Gasteiger partial charge in [0.2, 0.25) is 0 Å². The van der Waals surface area contributed by atoms with Crippen molar-refractivity contribution in [1.29, 1.82) is 0 Å². The van der Waals surface area contributed by atoms with Crippen LogP contribution in [-0.4, -0.2) is 4.92 Å². The molecule has 1 aliphatic carbocycles. The van der Waals surface area contributed by atoms with Crippen molar-refractivity contribution in [1.82, 2.24) is 0 Å². The molecule has 0 aliphatic heterocycles. The molecule has 1 aromatic carbocycles. The van der Waals surface area contributed by atoms with Crippen molar-refractivity contribution in [3.05, 3.63) is 46.0 Å². The van der Waals surface area contributed by atoms with Gasteiger partial charge < -0.3 is 0 Å². The highest BCUT2D eigenvalue weighted by molar-refractivity contribution is 5.68. The Morgan fingerprint density at radius 3 is 2.58 bits per heavy atom. The maximum Gasteiger partial charge on any atom is 0.270 e. The van der Waals surface area contributed by atoms with Gasteiger partial charge in [-0.15, -0.1) is 0 Å². The molecule has 0 N–H and O–H groups in total. The van der Waals surface area contributed by atoms with Crippen molar-refractivity contribution in [2.75, 3.05) is 0 Å². The number of hydrogen-bond donors (Lipinski definition) is 0. The largest absolute Gasteiger partial charge is 0.270 e. The van der Waals surface area contributed by atoms with Crippen LogP contribution in [0.3, 0.4) is 0 Å². The van der Waals surface area contributed by atoms with Gasteiger partial charge in [-0.2, -0.15) is 0 Å². The van der Waals surface area contributed by atoms with E-state index >= 15 is 0 Å². The van der Waals surface area contributed by atoms with E-state index in [0.29, 0.717) is 11.3 Å². The second-order valence-electron chi connectivity index (χ2n) is 6.37. The summed E-state index contributed by atoms with van der Waals surface area (Å²) in [6.45, 7) is 6.84. The molecule has 19 heavy (non-hydrogen) atoms. The molecule has 0 spiro atoms. The van der Waals surface area contributed by atoms with Crippen molar-refractivity contribution < 1.29 is 4.92 Å². The van der Waals surface area contributed by atoms with E-state index in [0.717, 1.165) is 24.8 Å². The first kappa shape index (κ1) is 13.8. The zero-order valence-electron chi connectivity index (χ0n) is 11.8. The Labute approximate surface area is 114 Å². The molecule has 0 bridgehead atoms. The van der Waals surface area contributed by atoms with E-state index in [2.05, 4.69) is 26.8 Å². The molecule has 0 amide bonds. The molecule has 0 saturated carbocycles. The molecule has 1 aliphatic rings. The van der Waals surface area contributed by atoms with Crippen LogP contribution < -0.4 is 0 Å². The fourth-order valence-corrected chi connectivity index (χ4v) is 2.70. The van der Waals surface area contributed by atoms with Gasteiger partial charge >= 0.3 is 0 Å². The lowest BCUT2D eigenvalue weighted by atomic mass is 9.72. The van der Waals surface area contributed by atoms with E-state index in [1.54, 1.807) is 18.2 Å². The van der Waals surface area contributed by atoms with Crippen LogP contribution in [0.25, 0.3) is 5.57 Å². The summed E-state index contributed by atoms with van der Waals surface area (Å²) in [7, 11) is 0. The highest BCUT2D eigenvalue weighted by Gasteiger charge is 2.26. The standard InChI is InChI=1S/C16H21NO2/c1-16(2,3)14-9-7-12(8-10-14)13-5-4-6-15(11-13)17(18)19/h4-7,11,14H,8-10H2,1-3H3. The van der Waals surface area contributed by atoms with Crippen LogP contribution in [0.1, 0.15) is 45.6 Å². The first-order valence-corrected chi connectivity index (χ1v) is 6.82. The maximum atomic E-state index is 10.8. The van der Waals surface area contributed by atoms with Gasteiger partial charge in [-0.1, -0.05) is 39.0 Å². The smallest absolute Gasteiger partial charge is 0.258 e. The van der Waals surface area contributed by atoms with Crippen LogP contribution in [0.2, 0.25) is 0 Å². The first-order chi connectivity index (χ1) is 8.88. The number of non-ortho nitro benzene ring substituents is 1. The molecule has 1 aromatic rings. The van der Waals surface area contributed by atoms with E-state index in [1.807, 2.05) is 6.07 Å². The van der Waals surface area contributed by atoms with Crippen molar-refractivity contribution >= 4 is 11.3 Å². The van der Waals surface area contributed by atoms with Crippen LogP contribution >= 0.6 is 0 Å². The Bertz CT molecular complexity index is 512. The van der Waals surface area contributed by atoms with E-state index in [-0.39, 0.29) is 10.6 Å². The van der Waals surface area contributed by atoms with Crippen LogP contribution in [0, 0.1) is 21.4 Å².